The Balaban J connectivity index is 2.40. The highest BCUT2D eigenvalue weighted by Gasteiger charge is 2.21. The summed E-state index contributed by atoms with van der Waals surface area (Å²) in [6, 6.07) is 3.01. The minimum Gasteiger partial charge on any atom is -0.393 e. The van der Waals surface area contributed by atoms with E-state index in [0.29, 0.717) is 13.0 Å². The number of nitrogens with zero attached hydrogens (tertiary/aromatic N) is 2. The van der Waals surface area contributed by atoms with Crippen LogP contribution in [0.5, 0.6) is 0 Å². The Morgan fingerprint density at radius 3 is 2.61 bits per heavy atom. The maximum absolute atomic E-state index is 11.6. The molecule has 0 saturated carbocycles. The van der Waals surface area contributed by atoms with E-state index in [0.717, 1.165) is 0 Å². The molecular weight excluding hydrogens is 254 g/mol. The van der Waals surface area contributed by atoms with Gasteiger partial charge in [-0.1, -0.05) is 32.4 Å². The van der Waals surface area contributed by atoms with Crippen molar-refractivity contribution in [2.24, 2.45) is 5.41 Å². The normalized spacial score (nSPS) is 13.2. The number of aromatic nitrogens is 2. The molecule has 100 valence electrons. The van der Waals surface area contributed by atoms with Crippen LogP contribution in [0.4, 0.5) is 0 Å². The Bertz CT molecular complexity index is 401. The fourth-order valence-corrected chi connectivity index (χ4v) is 1.38. The maximum atomic E-state index is 11.6. The van der Waals surface area contributed by atoms with Crippen LogP contribution in [0.3, 0.4) is 0 Å². The zero-order valence-electron chi connectivity index (χ0n) is 10.8. The molecule has 18 heavy (non-hydrogen) atoms. The van der Waals surface area contributed by atoms with E-state index >= 15 is 0 Å². The number of amides is 1. The summed E-state index contributed by atoms with van der Waals surface area (Å²) in [5, 5.41) is 20.0. The molecule has 1 aromatic rings. The topological polar surface area (TPSA) is 75.1 Å². The first-order chi connectivity index (χ1) is 8.30. The van der Waals surface area contributed by atoms with Gasteiger partial charge in [0.15, 0.2) is 10.8 Å². The number of hydrogen-bond donors (Lipinski definition) is 2. The fraction of sp³-hybridized carbons (Fsp3) is 0.583. The van der Waals surface area contributed by atoms with Crippen molar-refractivity contribution in [1.29, 1.82) is 0 Å². The van der Waals surface area contributed by atoms with Gasteiger partial charge in [0.05, 0.1) is 6.10 Å². The second-order valence-corrected chi connectivity index (χ2v) is 5.55. The molecule has 0 bridgehead atoms. The number of rotatable bonds is 4. The predicted molar refractivity (Wildman–Crippen MR) is 69.5 cm³/mol. The highest BCUT2D eigenvalue weighted by molar-refractivity contribution is 6.29. The van der Waals surface area contributed by atoms with Gasteiger partial charge in [-0.05, 0) is 24.0 Å². The summed E-state index contributed by atoms with van der Waals surface area (Å²) in [5.74, 6) is -0.319. The van der Waals surface area contributed by atoms with Crippen LogP contribution in [0, 0.1) is 5.41 Å². The highest BCUT2D eigenvalue weighted by atomic mass is 35.5. The molecule has 0 spiro atoms. The molecular formula is C12H18ClN3O2. The van der Waals surface area contributed by atoms with Gasteiger partial charge >= 0.3 is 0 Å². The van der Waals surface area contributed by atoms with Gasteiger partial charge in [-0.15, -0.1) is 10.2 Å². The molecule has 6 heteroatoms. The summed E-state index contributed by atoms with van der Waals surface area (Å²) in [4.78, 5) is 11.6. The van der Waals surface area contributed by atoms with Gasteiger partial charge in [-0.25, -0.2) is 0 Å². The van der Waals surface area contributed by atoms with Crippen molar-refractivity contribution in [3.63, 3.8) is 0 Å². The number of hydrogen-bond acceptors (Lipinski definition) is 4. The lowest BCUT2D eigenvalue weighted by Gasteiger charge is -2.25. The summed E-state index contributed by atoms with van der Waals surface area (Å²) in [7, 11) is 0. The molecule has 5 nitrogen and oxygen atoms in total. The molecule has 1 atom stereocenters. The molecule has 1 heterocycles. The van der Waals surface area contributed by atoms with Crippen molar-refractivity contribution >= 4 is 17.5 Å². The third-order valence-electron chi connectivity index (χ3n) is 2.57. The van der Waals surface area contributed by atoms with Crippen molar-refractivity contribution in [1.82, 2.24) is 15.5 Å². The van der Waals surface area contributed by atoms with E-state index in [1.54, 1.807) is 0 Å². The van der Waals surface area contributed by atoms with Gasteiger partial charge in [0.25, 0.3) is 5.91 Å². The minimum absolute atomic E-state index is 0.190. The predicted octanol–water partition coefficient (Wildman–Crippen LogP) is 1.66. The standard InChI is InChI=1S/C12H18ClN3O2/c1-12(2,3)9(17)6-7-14-11(18)8-4-5-10(13)16-15-8/h4-5,9,17H,6-7H2,1-3H3,(H,14,18). The Morgan fingerprint density at radius 1 is 1.44 bits per heavy atom. The first kappa shape index (κ1) is 14.9. The molecule has 1 unspecified atom stereocenters. The number of aliphatic hydroxyl groups excluding tert-OH is 1. The van der Waals surface area contributed by atoms with Crippen LogP contribution in [-0.4, -0.2) is 33.9 Å². The minimum atomic E-state index is -0.464. The SMILES string of the molecule is CC(C)(C)C(O)CCNC(=O)c1ccc(Cl)nn1. The molecule has 1 aromatic heterocycles. The van der Waals surface area contributed by atoms with E-state index in [1.807, 2.05) is 20.8 Å². The van der Waals surface area contributed by atoms with Crippen LogP contribution >= 0.6 is 11.6 Å². The van der Waals surface area contributed by atoms with Gasteiger partial charge in [0.2, 0.25) is 0 Å². The lowest BCUT2D eigenvalue weighted by Crippen LogP contribution is -2.32. The third-order valence-corrected chi connectivity index (χ3v) is 2.77. The molecule has 0 saturated heterocycles. The molecule has 0 fully saturated rings. The number of aliphatic hydroxyl groups is 1. The summed E-state index contributed by atoms with van der Waals surface area (Å²) >= 11 is 5.57. The quantitative estimate of drug-likeness (QED) is 0.873. The van der Waals surface area contributed by atoms with Crippen molar-refractivity contribution in [3.8, 4) is 0 Å². The number of halogens is 1. The maximum Gasteiger partial charge on any atom is 0.271 e. The second kappa shape index (κ2) is 6.11. The van der Waals surface area contributed by atoms with Crippen molar-refractivity contribution in [3.05, 3.63) is 23.0 Å². The van der Waals surface area contributed by atoms with Crippen molar-refractivity contribution in [2.45, 2.75) is 33.3 Å². The van der Waals surface area contributed by atoms with Gasteiger partial charge < -0.3 is 10.4 Å². The van der Waals surface area contributed by atoms with Gasteiger partial charge in [0.1, 0.15) is 0 Å². The third kappa shape index (κ3) is 4.58. The Labute approximate surface area is 112 Å². The van der Waals surface area contributed by atoms with E-state index < -0.39 is 6.10 Å². The molecule has 0 aliphatic carbocycles. The van der Waals surface area contributed by atoms with Crippen LogP contribution < -0.4 is 5.32 Å². The number of carbonyl (C=O) groups is 1. The van der Waals surface area contributed by atoms with E-state index in [4.69, 9.17) is 11.6 Å². The average Bonchev–Trinajstić information content (AvgIpc) is 2.28. The molecule has 1 amide bonds. The summed E-state index contributed by atoms with van der Waals surface area (Å²) in [5.41, 5.74) is 0.0230. The first-order valence-electron chi connectivity index (χ1n) is 5.76. The Morgan fingerprint density at radius 2 is 2.11 bits per heavy atom. The van der Waals surface area contributed by atoms with E-state index in [2.05, 4.69) is 15.5 Å². The van der Waals surface area contributed by atoms with Gasteiger partial charge in [-0.3, -0.25) is 4.79 Å². The first-order valence-corrected chi connectivity index (χ1v) is 6.14. The lowest BCUT2D eigenvalue weighted by atomic mass is 9.87. The lowest BCUT2D eigenvalue weighted by molar-refractivity contribution is 0.0550. The Hall–Kier alpha value is -1.20. The van der Waals surface area contributed by atoms with Gasteiger partial charge in [-0.2, -0.15) is 0 Å². The largest absolute Gasteiger partial charge is 0.393 e. The highest BCUT2D eigenvalue weighted by Crippen LogP contribution is 2.20. The number of carbonyl (C=O) groups excluding carboxylic acids is 1. The van der Waals surface area contributed by atoms with Crippen LogP contribution in [0.2, 0.25) is 5.15 Å². The number of nitrogens with one attached hydrogen (secondary N) is 1. The van der Waals surface area contributed by atoms with Crippen LogP contribution in [0.15, 0.2) is 12.1 Å². The smallest absolute Gasteiger partial charge is 0.271 e. The zero-order chi connectivity index (χ0) is 13.8. The molecule has 0 radical (unpaired) electrons. The van der Waals surface area contributed by atoms with Crippen LogP contribution in [0.1, 0.15) is 37.7 Å². The molecule has 1 rings (SSSR count). The van der Waals surface area contributed by atoms with E-state index in [-0.39, 0.29) is 22.2 Å². The monoisotopic (exact) mass is 271 g/mol. The van der Waals surface area contributed by atoms with Crippen LogP contribution in [0.25, 0.3) is 0 Å². The van der Waals surface area contributed by atoms with Crippen molar-refractivity contribution < 1.29 is 9.90 Å². The zero-order valence-corrected chi connectivity index (χ0v) is 11.5. The molecule has 2 N–H and O–H groups in total. The second-order valence-electron chi connectivity index (χ2n) is 5.17. The molecule has 0 aliphatic rings. The van der Waals surface area contributed by atoms with Gasteiger partial charge in [0, 0.05) is 6.54 Å². The summed E-state index contributed by atoms with van der Waals surface area (Å²) < 4.78 is 0. The molecule has 0 aromatic carbocycles. The Kier molecular flexibility index (Phi) is 5.04. The van der Waals surface area contributed by atoms with Crippen molar-refractivity contribution in [2.75, 3.05) is 6.54 Å². The van der Waals surface area contributed by atoms with E-state index in [9.17, 15) is 9.90 Å². The fourth-order valence-electron chi connectivity index (χ4n) is 1.28. The van der Waals surface area contributed by atoms with Crippen LogP contribution in [-0.2, 0) is 0 Å². The summed E-state index contributed by atoms with van der Waals surface area (Å²) in [6.45, 7) is 6.24. The summed E-state index contributed by atoms with van der Waals surface area (Å²) in [6.07, 6.45) is 0.0325. The van der Waals surface area contributed by atoms with E-state index in [1.165, 1.54) is 12.1 Å². The molecule has 0 aliphatic heterocycles. The average molecular weight is 272 g/mol.